The Labute approximate surface area is 95.6 Å². The van der Waals surface area contributed by atoms with Gasteiger partial charge < -0.3 is 15.8 Å². The van der Waals surface area contributed by atoms with Crippen molar-refractivity contribution >= 4 is 22.9 Å². The standard InChI is InChI=1S/C11H16N2OS/c1-14-8-2-7-13-10-5-3-9(4-6-10)11(12)15/h3-6,13H,2,7-8H2,1H3,(H2,12,15). The summed E-state index contributed by atoms with van der Waals surface area (Å²) in [6, 6.07) is 7.78. The molecule has 0 saturated carbocycles. The Morgan fingerprint density at radius 1 is 1.40 bits per heavy atom. The molecule has 0 fully saturated rings. The molecule has 0 atom stereocenters. The van der Waals surface area contributed by atoms with E-state index in [-0.39, 0.29) is 0 Å². The normalized spacial score (nSPS) is 9.93. The topological polar surface area (TPSA) is 47.3 Å². The fourth-order valence-corrected chi connectivity index (χ4v) is 1.34. The van der Waals surface area contributed by atoms with Crippen molar-refractivity contribution in [3.8, 4) is 0 Å². The Bertz CT molecular complexity index is 311. The number of hydrogen-bond donors (Lipinski definition) is 2. The van der Waals surface area contributed by atoms with Crippen molar-refractivity contribution in [1.29, 1.82) is 0 Å². The third-order valence-electron chi connectivity index (χ3n) is 2.02. The molecule has 3 N–H and O–H groups in total. The van der Waals surface area contributed by atoms with E-state index in [0.717, 1.165) is 30.8 Å². The van der Waals surface area contributed by atoms with Crippen LogP contribution in [0.25, 0.3) is 0 Å². The zero-order chi connectivity index (χ0) is 11.1. The van der Waals surface area contributed by atoms with Crippen LogP contribution in [-0.2, 0) is 4.74 Å². The smallest absolute Gasteiger partial charge is 0.103 e. The van der Waals surface area contributed by atoms with Gasteiger partial charge in [0.2, 0.25) is 0 Å². The molecule has 4 heteroatoms. The van der Waals surface area contributed by atoms with Crippen molar-refractivity contribution in [2.24, 2.45) is 5.73 Å². The molecule has 3 nitrogen and oxygen atoms in total. The molecule has 0 spiro atoms. The van der Waals surface area contributed by atoms with E-state index in [1.807, 2.05) is 24.3 Å². The average Bonchev–Trinajstić information content (AvgIpc) is 2.25. The molecule has 15 heavy (non-hydrogen) atoms. The summed E-state index contributed by atoms with van der Waals surface area (Å²) >= 11 is 4.87. The third-order valence-corrected chi connectivity index (χ3v) is 2.26. The molecule has 0 saturated heterocycles. The van der Waals surface area contributed by atoms with Gasteiger partial charge in [0.1, 0.15) is 4.99 Å². The molecular formula is C11H16N2OS. The first-order valence-electron chi connectivity index (χ1n) is 4.86. The zero-order valence-corrected chi connectivity index (χ0v) is 9.64. The van der Waals surface area contributed by atoms with Gasteiger partial charge in [-0.15, -0.1) is 0 Å². The van der Waals surface area contributed by atoms with Crippen LogP contribution >= 0.6 is 12.2 Å². The minimum absolute atomic E-state index is 0.431. The first-order valence-corrected chi connectivity index (χ1v) is 5.27. The fourth-order valence-electron chi connectivity index (χ4n) is 1.20. The van der Waals surface area contributed by atoms with E-state index in [1.54, 1.807) is 7.11 Å². The van der Waals surface area contributed by atoms with E-state index in [4.69, 9.17) is 22.7 Å². The van der Waals surface area contributed by atoms with Crippen LogP contribution in [0, 0.1) is 0 Å². The number of methoxy groups -OCH3 is 1. The molecule has 1 aromatic rings. The van der Waals surface area contributed by atoms with Crippen LogP contribution < -0.4 is 11.1 Å². The lowest BCUT2D eigenvalue weighted by Crippen LogP contribution is -2.09. The molecule has 0 aliphatic heterocycles. The molecule has 0 radical (unpaired) electrons. The van der Waals surface area contributed by atoms with Crippen LogP contribution in [0.1, 0.15) is 12.0 Å². The van der Waals surface area contributed by atoms with Crippen molar-refractivity contribution in [3.05, 3.63) is 29.8 Å². The van der Waals surface area contributed by atoms with E-state index in [0.29, 0.717) is 4.99 Å². The Balaban J connectivity index is 2.39. The highest BCUT2D eigenvalue weighted by Gasteiger charge is 1.95. The van der Waals surface area contributed by atoms with Gasteiger partial charge in [0.25, 0.3) is 0 Å². The molecule has 82 valence electrons. The first kappa shape index (κ1) is 11.9. The third kappa shape index (κ3) is 4.27. The number of anilines is 1. The first-order chi connectivity index (χ1) is 7.24. The van der Waals surface area contributed by atoms with Gasteiger partial charge in [0.05, 0.1) is 0 Å². The predicted molar refractivity (Wildman–Crippen MR) is 67.3 cm³/mol. The number of ether oxygens (including phenoxy) is 1. The maximum absolute atomic E-state index is 5.50. The largest absolute Gasteiger partial charge is 0.389 e. The minimum Gasteiger partial charge on any atom is -0.389 e. The van der Waals surface area contributed by atoms with Gasteiger partial charge in [-0.1, -0.05) is 12.2 Å². The molecule has 0 amide bonds. The van der Waals surface area contributed by atoms with Crippen molar-refractivity contribution in [2.75, 3.05) is 25.6 Å². The fraction of sp³-hybridized carbons (Fsp3) is 0.364. The summed E-state index contributed by atoms with van der Waals surface area (Å²) in [5.41, 5.74) is 7.47. The lowest BCUT2D eigenvalue weighted by molar-refractivity contribution is 0.198. The highest BCUT2D eigenvalue weighted by molar-refractivity contribution is 7.80. The van der Waals surface area contributed by atoms with Crippen LogP contribution in [0.2, 0.25) is 0 Å². The lowest BCUT2D eigenvalue weighted by atomic mass is 10.2. The van der Waals surface area contributed by atoms with Crippen molar-refractivity contribution in [1.82, 2.24) is 0 Å². The van der Waals surface area contributed by atoms with Crippen LogP contribution in [0.3, 0.4) is 0 Å². The van der Waals surface area contributed by atoms with Gasteiger partial charge in [-0.2, -0.15) is 0 Å². The summed E-state index contributed by atoms with van der Waals surface area (Å²) in [6.07, 6.45) is 0.994. The van der Waals surface area contributed by atoms with Crippen molar-refractivity contribution in [3.63, 3.8) is 0 Å². The average molecular weight is 224 g/mol. The lowest BCUT2D eigenvalue weighted by Gasteiger charge is -2.06. The van der Waals surface area contributed by atoms with Crippen molar-refractivity contribution < 1.29 is 4.74 Å². The summed E-state index contributed by atoms with van der Waals surface area (Å²) in [5, 5.41) is 3.28. The van der Waals surface area contributed by atoms with Crippen LogP contribution in [0.15, 0.2) is 24.3 Å². The highest BCUT2D eigenvalue weighted by atomic mass is 32.1. The molecule has 0 bridgehead atoms. The number of benzene rings is 1. The zero-order valence-electron chi connectivity index (χ0n) is 8.82. The van der Waals surface area contributed by atoms with E-state index < -0.39 is 0 Å². The number of nitrogens with two attached hydrogens (primary N) is 1. The van der Waals surface area contributed by atoms with Crippen LogP contribution in [0.4, 0.5) is 5.69 Å². The summed E-state index contributed by atoms with van der Waals surface area (Å²) < 4.78 is 4.96. The summed E-state index contributed by atoms with van der Waals surface area (Å²) in [6.45, 7) is 1.68. The second-order valence-corrected chi connectivity index (χ2v) is 3.65. The Morgan fingerprint density at radius 3 is 2.60 bits per heavy atom. The molecular weight excluding hydrogens is 208 g/mol. The molecule has 0 heterocycles. The maximum atomic E-state index is 5.50. The SMILES string of the molecule is COCCCNc1ccc(C(N)=S)cc1. The van der Waals surface area contributed by atoms with Gasteiger partial charge in [0, 0.05) is 31.5 Å². The maximum Gasteiger partial charge on any atom is 0.103 e. The Hall–Kier alpha value is -1.13. The van der Waals surface area contributed by atoms with E-state index >= 15 is 0 Å². The summed E-state index contributed by atoms with van der Waals surface area (Å²) in [5.74, 6) is 0. The van der Waals surface area contributed by atoms with Gasteiger partial charge >= 0.3 is 0 Å². The number of rotatable bonds is 6. The molecule has 0 aliphatic rings. The van der Waals surface area contributed by atoms with Crippen LogP contribution in [0.5, 0.6) is 0 Å². The molecule has 0 unspecified atom stereocenters. The monoisotopic (exact) mass is 224 g/mol. The van der Waals surface area contributed by atoms with Gasteiger partial charge in [-0.25, -0.2) is 0 Å². The highest BCUT2D eigenvalue weighted by Crippen LogP contribution is 2.09. The molecule has 1 rings (SSSR count). The van der Waals surface area contributed by atoms with Crippen LogP contribution in [-0.4, -0.2) is 25.2 Å². The quantitative estimate of drug-likeness (QED) is 0.571. The Kier molecular flexibility index (Phi) is 5.07. The second-order valence-electron chi connectivity index (χ2n) is 3.21. The number of nitrogens with one attached hydrogen (secondary N) is 1. The minimum atomic E-state index is 0.431. The Morgan fingerprint density at radius 2 is 2.07 bits per heavy atom. The molecule has 0 aliphatic carbocycles. The van der Waals surface area contributed by atoms with Crippen molar-refractivity contribution in [2.45, 2.75) is 6.42 Å². The number of hydrogen-bond acceptors (Lipinski definition) is 3. The van der Waals surface area contributed by atoms with E-state index in [9.17, 15) is 0 Å². The van der Waals surface area contributed by atoms with E-state index in [1.165, 1.54) is 0 Å². The summed E-state index contributed by atoms with van der Waals surface area (Å²) in [7, 11) is 1.71. The second kappa shape index (κ2) is 6.37. The summed E-state index contributed by atoms with van der Waals surface area (Å²) in [4.78, 5) is 0.431. The predicted octanol–water partition coefficient (Wildman–Crippen LogP) is 1.77. The number of thiocarbonyl (C=S) groups is 1. The molecule has 1 aromatic carbocycles. The van der Waals surface area contributed by atoms with Gasteiger partial charge in [-0.05, 0) is 30.7 Å². The van der Waals surface area contributed by atoms with E-state index in [2.05, 4.69) is 5.32 Å². The van der Waals surface area contributed by atoms with Gasteiger partial charge in [-0.3, -0.25) is 0 Å². The van der Waals surface area contributed by atoms with Gasteiger partial charge in [0.15, 0.2) is 0 Å². The molecule has 0 aromatic heterocycles.